The van der Waals surface area contributed by atoms with Gasteiger partial charge in [-0.1, -0.05) is 20.3 Å². The van der Waals surface area contributed by atoms with Crippen molar-refractivity contribution in [2.75, 3.05) is 13.2 Å². The van der Waals surface area contributed by atoms with Crippen molar-refractivity contribution in [3.05, 3.63) is 0 Å². The molecule has 1 saturated heterocycles. The van der Waals surface area contributed by atoms with Gasteiger partial charge in [0.2, 0.25) is 23.6 Å². The molecule has 3 unspecified atom stereocenters. The maximum atomic E-state index is 12.6. The number of aliphatic hydroxyl groups excluding tert-OH is 3. The van der Waals surface area contributed by atoms with Crippen LogP contribution in [-0.4, -0.2) is 94.9 Å². The Balaban J connectivity index is 2.61. The van der Waals surface area contributed by atoms with Crippen LogP contribution in [0.5, 0.6) is 0 Å². The lowest BCUT2D eigenvalue weighted by molar-refractivity contribution is -0.278. The number of amides is 4. The predicted octanol–water partition coefficient (Wildman–Crippen LogP) is -2.36. The zero-order valence-electron chi connectivity index (χ0n) is 20.7. The SMILES string of the molecule is CCCCNC(=O)CC[C@@H](NC(=O)[C@H](C)NC(=O)[C@@H](C)O[C@H]1C(O)C(CO)OC(O)[C@H]1C)C(N)=O. The molecule has 13 nitrogen and oxygen atoms in total. The lowest BCUT2D eigenvalue weighted by Gasteiger charge is -2.41. The first kappa shape index (κ1) is 30.7. The Morgan fingerprint density at radius 2 is 1.77 bits per heavy atom. The van der Waals surface area contributed by atoms with Gasteiger partial charge in [0.05, 0.1) is 12.7 Å². The largest absolute Gasteiger partial charge is 0.394 e. The lowest BCUT2D eigenvalue weighted by Crippen LogP contribution is -2.58. The highest BCUT2D eigenvalue weighted by Gasteiger charge is 2.44. The molecule has 1 aliphatic heterocycles. The van der Waals surface area contributed by atoms with Crippen LogP contribution in [0, 0.1) is 5.92 Å². The van der Waals surface area contributed by atoms with Crippen LogP contribution in [0.15, 0.2) is 0 Å². The molecule has 0 aromatic heterocycles. The van der Waals surface area contributed by atoms with Crippen LogP contribution in [0.3, 0.4) is 0 Å². The summed E-state index contributed by atoms with van der Waals surface area (Å²) in [7, 11) is 0. The first-order valence-electron chi connectivity index (χ1n) is 11.9. The van der Waals surface area contributed by atoms with E-state index in [0.29, 0.717) is 6.54 Å². The molecule has 0 radical (unpaired) electrons. The molecule has 0 bridgehead atoms. The molecule has 0 spiro atoms. The van der Waals surface area contributed by atoms with Gasteiger partial charge in [-0.15, -0.1) is 0 Å². The Kier molecular flexibility index (Phi) is 13.1. The Labute approximate surface area is 205 Å². The van der Waals surface area contributed by atoms with Gasteiger partial charge in [-0.3, -0.25) is 19.2 Å². The number of primary amides is 1. The van der Waals surface area contributed by atoms with Crippen molar-refractivity contribution < 1.29 is 44.0 Å². The van der Waals surface area contributed by atoms with Crippen LogP contribution < -0.4 is 21.7 Å². The third kappa shape index (κ3) is 9.68. The molecule has 202 valence electrons. The third-order valence-electron chi connectivity index (χ3n) is 5.83. The van der Waals surface area contributed by atoms with Gasteiger partial charge >= 0.3 is 0 Å². The molecule has 0 aromatic rings. The minimum Gasteiger partial charge on any atom is -0.394 e. The number of nitrogens with two attached hydrogens (primary N) is 1. The number of ether oxygens (including phenoxy) is 2. The molecule has 35 heavy (non-hydrogen) atoms. The van der Waals surface area contributed by atoms with Crippen LogP contribution in [0.1, 0.15) is 53.4 Å². The first-order valence-corrected chi connectivity index (χ1v) is 11.9. The van der Waals surface area contributed by atoms with Gasteiger partial charge in [-0.05, 0) is 26.7 Å². The molecule has 0 saturated carbocycles. The molecule has 13 heteroatoms. The van der Waals surface area contributed by atoms with Crippen molar-refractivity contribution in [2.24, 2.45) is 11.7 Å². The maximum Gasteiger partial charge on any atom is 0.249 e. The van der Waals surface area contributed by atoms with Crippen molar-refractivity contribution in [1.29, 1.82) is 0 Å². The predicted molar refractivity (Wildman–Crippen MR) is 123 cm³/mol. The van der Waals surface area contributed by atoms with Crippen molar-refractivity contribution >= 4 is 23.6 Å². The normalized spacial score (nSPS) is 26.8. The fraction of sp³-hybridized carbons (Fsp3) is 0.818. The summed E-state index contributed by atoms with van der Waals surface area (Å²) in [6, 6.07) is -2.16. The zero-order chi connectivity index (χ0) is 26.7. The van der Waals surface area contributed by atoms with Crippen molar-refractivity contribution in [2.45, 2.75) is 96.2 Å². The van der Waals surface area contributed by atoms with E-state index >= 15 is 0 Å². The van der Waals surface area contributed by atoms with Crippen LogP contribution in [0.4, 0.5) is 0 Å². The second-order valence-electron chi connectivity index (χ2n) is 8.78. The number of unbranched alkanes of at least 4 members (excludes halogenated alkanes) is 1. The fourth-order valence-corrected chi connectivity index (χ4v) is 3.47. The number of aliphatic hydroxyl groups is 3. The Hall–Kier alpha value is -2.32. The highest BCUT2D eigenvalue weighted by molar-refractivity contribution is 5.92. The van der Waals surface area contributed by atoms with E-state index in [2.05, 4.69) is 16.0 Å². The lowest BCUT2D eigenvalue weighted by atomic mass is 9.92. The molecule has 8 atom stereocenters. The van der Waals surface area contributed by atoms with Crippen LogP contribution in [-0.2, 0) is 28.7 Å². The Bertz CT molecular complexity index is 723. The van der Waals surface area contributed by atoms with Gasteiger partial charge in [0.1, 0.15) is 30.4 Å². The summed E-state index contributed by atoms with van der Waals surface area (Å²) in [6.07, 6.45) is -4.05. The van der Waals surface area contributed by atoms with E-state index in [0.717, 1.165) is 12.8 Å². The van der Waals surface area contributed by atoms with E-state index in [1.165, 1.54) is 13.8 Å². The summed E-state index contributed by atoms with van der Waals surface area (Å²) >= 11 is 0. The molecule has 1 fully saturated rings. The first-order chi connectivity index (χ1) is 16.4. The second-order valence-corrected chi connectivity index (χ2v) is 8.78. The molecule has 0 aliphatic carbocycles. The number of nitrogens with one attached hydrogen (secondary N) is 3. The molecule has 0 aromatic carbocycles. The Morgan fingerprint density at radius 1 is 1.11 bits per heavy atom. The van der Waals surface area contributed by atoms with E-state index in [4.69, 9.17) is 15.2 Å². The van der Waals surface area contributed by atoms with E-state index in [1.54, 1.807) is 6.92 Å². The topological polar surface area (TPSA) is 210 Å². The quantitative estimate of drug-likeness (QED) is 0.126. The van der Waals surface area contributed by atoms with E-state index in [9.17, 15) is 34.5 Å². The van der Waals surface area contributed by atoms with Crippen molar-refractivity contribution in [1.82, 2.24) is 16.0 Å². The summed E-state index contributed by atoms with van der Waals surface area (Å²) in [5.74, 6) is -3.13. The molecular weight excluding hydrogens is 464 g/mol. The summed E-state index contributed by atoms with van der Waals surface area (Å²) < 4.78 is 10.7. The zero-order valence-corrected chi connectivity index (χ0v) is 20.7. The van der Waals surface area contributed by atoms with Gasteiger partial charge in [0.25, 0.3) is 0 Å². The fourth-order valence-electron chi connectivity index (χ4n) is 3.47. The minimum atomic E-state index is -1.31. The number of carbonyl (C=O) groups excluding carboxylic acids is 4. The average molecular weight is 505 g/mol. The number of hydrogen-bond acceptors (Lipinski definition) is 9. The highest BCUT2D eigenvalue weighted by Crippen LogP contribution is 2.27. The summed E-state index contributed by atoms with van der Waals surface area (Å²) in [5.41, 5.74) is 5.34. The number of hydrogen-bond donors (Lipinski definition) is 7. The average Bonchev–Trinajstić information content (AvgIpc) is 2.81. The van der Waals surface area contributed by atoms with Crippen molar-refractivity contribution in [3.8, 4) is 0 Å². The number of carbonyl (C=O) groups is 4. The maximum absolute atomic E-state index is 12.6. The molecule has 4 amide bonds. The summed E-state index contributed by atoms with van der Waals surface area (Å²) in [5, 5.41) is 37.2. The molecule has 1 heterocycles. The molecule has 8 N–H and O–H groups in total. The monoisotopic (exact) mass is 504 g/mol. The van der Waals surface area contributed by atoms with Crippen LogP contribution in [0.2, 0.25) is 0 Å². The molecule has 1 aliphatic rings. The highest BCUT2D eigenvalue weighted by atomic mass is 16.6. The van der Waals surface area contributed by atoms with Gasteiger partial charge < -0.3 is 46.5 Å². The second kappa shape index (κ2) is 14.9. The van der Waals surface area contributed by atoms with Gasteiger partial charge in [0.15, 0.2) is 6.29 Å². The van der Waals surface area contributed by atoms with Crippen LogP contribution >= 0.6 is 0 Å². The third-order valence-corrected chi connectivity index (χ3v) is 5.83. The van der Waals surface area contributed by atoms with Gasteiger partial charge in [-0.2, -0.15) is 0 Å². The smallest absolute Gasteiger partial charge is 0.249 e. The van der Waals surface area contributed by atoms with Crippen LogP contribution in [0.25, 0.3) is 0 Å². The van der Waals surface area contributed by atoms with E-state index in [1.807, 2.05) is 6.92 Å². The van der Waals surface area contributed by atoms with E-state index in [-0.39, 0.29) is 18.7 Å². The van der Waals surface area contributed by atoms with E-state index < -0.39 is 73.0 Å². The Morgan fingerprint density at radius 3 is 2.34 bits per heavy atom. The number of rotatable bonds is 14. The summed E-state index contributed by atoms with van der Waals surface area (Å²) in [4.78, 5) is 48.6. The summed E-state index contributed by atoms with van der Waals surface area (Å²) in [6.45, 7) is 6.31. The van der Waals surface area contributed by atoms with Gasteiger partial charge in [0, 0.05) is 18.9 Å². The minimum absolute atomic E-state index is 0.00445. The molecular formula is C22H40N4O9. The van der Waals surface area contributed by atoms with Gasteiger partial charge in [-0.25, -0.2) is 0 Å². The van der Waals surface area contributed by atoms with Crippen molar-refractivity contribution in [3.63, 3.8) is 0 Å². The standard InChI is InChI=1S/C22H40N4O9/c1-5-6-9-24-16(28)8-7-14(19(23)30)26-20(31)12(3)25-21(32)13(4)34-18-11(2)22(33)35-15(10-27)17(18)29/h11-15,17-18,22,27,29,33H,5-10H2,1-4H3,(H2,23,30)(H,24,28)(H,25,32)(H,26,31)/t11-,12-,13+,14+,15?,17?,18+,22?/m0/s1. The molecule has 1 rings (SSSR count).